The van der Waals surface area contributed by atoms with E-state index in [1.54, 1.807) is 0 Å². The molecular weight excluding hydrogens is 405 g/mol. The van der Waals surface area contributed by atoms with Crippen molar-refractivity contribution in [3.8, 4) is 5.75 Å². The third kappa shape index (κ3) is 6.09. The van der Waals surface area contributed by atoms with Gasteiger partial charge in [-0.15, -0.1) is 24.0 Å². The van der Waals surface area contributed by atoms with Gasteiger partial charge in [-0.3, -0.25) is 4.68 Å². The molecule has 0 aliphatic carbocycles. The smallest absolute Gasteiger partial charge is 0.193 e. The van der Waals surface area contributed by atoms with E-state index in [2.05, 4.69) is 15.4 Å². The monoisotopic (exact) mass is 429 g/mol. The lowest BCUT2D eigenvalue weighted by Crippen LogP contribution is -2.22. The van der Waals surface area contributed by atoms with Crippen LogP contribution in [0.3, 0.4) is 0 Å². The van der Waals surface area contributed by atoms with Crippen molar-refractivity contribution in [2.24, 2.45) is 17.8 Å². The second kappa shape index (κ2) is 8.76. The van der Waals surface area contributed by atoms with Crippen molar-refractivity contribution in [1.29, 1.82) is 0 Å². The lowest BCUT2D eigenvalue weighted by Gasteiger charge is -2.11. The largest absolute Gasteiger partial charge is 0.491 e. The average Bonchev–Trinajstić information content (AvgIpc) is 2.76. The van der Waals surface area contributed by atoms with Crippen LogP contribution in [0.5, 0.6) is 5.75 Å². The highest BCUT2D eigenvalue weighted by atomic mass is 127. The summed E-state index contributed by atoms with van der Waals surface area (Å²) in [6, 6.07) is 9.62. The van der Waals surface area contributed by atoms with Crippen LogP contribution in [-0.4, -0.2) is 21.8 Å². The van der Waals surface area contributed by atoms with Crippen LogP contribution in [0.4, 0.5) is 5.69 Å². The van der Waals surface area contributed by atoms with Gasteiger partial charge < -0.3 is 15.8 Å². The summed E-state index contributed by atoms with van der Waals surface area (Å²) in [6.07, 6.45) is 0.160. The van der Waals surface area contributed by atoms with Crippen molar-refractivity contribution in [3.05, 3.63) is 41.7 Å². The number of ether oxygens (including phenoxy) is 1. The van der Waals surface area contributed by atoms with E-state index < -0.39 is 0 Å². The summed E-state index contributed by atoms with van der Waals surface area (Å²) >= 11 is 0. The van der Waals surface area contributed by atoms with Gasteiger partial charge in [0, 0.05) is 12.7 Å². The number of guanidine groups is 1. The number of benzene rings is 1. The number of hydrogen-bond donors (Lipinski definition) is 2. The molecule has 0 saturated heterocycles. The maximum absolute atomic E-state index is 5.91. The number of nitrogens with two attached hydrogens (primary N) is 1. The number of nitrogens with one attached hydrogen (secondary N) is 1. The molecule has 0 unspecified atom stereocenters. The highest BCUT2D eigenvalue weighted by Crippen LogP contribution is 2.16. The number of halogens is 1. The minimum atomic E-state index is 0. The Kier molecular flexibility index (Phi) is 7.34. The predicted octanol–water partition coefficient (Wildman–Crippen LogP) is 3.06. The van der Waals surface area contributed by atoms with Gasteiger partial charge >= 0.3 is 0 Å². The first-order valence-electron chi connectivity index (χ1n) is 7.27. The maximum Gasteiger partial charge on any atom is 0.193 e. The number of nitrogens with zero attached hydrogens (tertiary/aromatic N) is 3. The van der Waals surface area contributed by atoms with Crippen LogP contribution in [0, 0.1) is 6.92 Å². The van der Waals surface area contributed by atoms with E-state index in [1.807, 2.05) is 62.8 Å². The van der Waals surface area contributed by atoms with Gasteiger partial charge in [-0.05, 0) is 51.1 Å². The molecule has 23 heavy (non-hydrogen) atoms. The van der Waals surface area contributed by atoms with Gasteiger partial charge in [-0.2, -0.15) is 5.10 Å². The van der Waals surface area contributed by atoms with Crippen molar-refractivity contribution >= 4 is 35.6 Å². The molecule has 1 aromatic carbocycles. The molecule has 0 radical (unpaired) electrons. The average molecular weight is 429 g/mol. The van der Waals surface area contributed by atoms with Crippen molar-refractivity contribution < 1.29 is 4.74 Å². The standard InChI is InChI=1S/C16H23N5O.HI/c1-11(2)22-15-7-5-13(6-8-15)19-16(17)18-10-14-9-12(3)20-21(14)4;/h5-9,11H,10H2,1-4H3,(H3,17,18,19);1H. The summed E-state index contributed by atoms with van der Waals surface area (Å²) in [5, 5.41) is 7.34. The molecule has 0 fully saturated rings. The summed E-state index contributed by atoms with van der Waals surface area (Å²) in [6.45, 7) is 6.44. The first kappa shape index (κ1) is 19.3. The van der Waals surface area contributed by atoms with Crippen LogP contribution in [0.15, 0.2) is 35.3 Å². The van der Waals surface area contributed by atoms with Crippen LogP contribution >= 0.6 is 24.0 Å². The van der Waals surface area contributed by atoms with Crippen molar-refractivity contribution in [1.82, 2.24) is 9.78 Å². The van der Waals surface area contributed by atoms with Gasteiger partial charge in [-0.1, -0.05) is 0 Å². The van der Waals surface area contributed by atoms with Crippen LogP contribution in [-0.2, 0) is 13.6 Å². The molecule has 0 bridgehead atoms. The minimum Gasteiger partial charge on any atom is -0.491 e. The lowest BCUT2D eigenvalue weighted by molar-refractivity contribution is 0.242. The maximum atomic E-state index is 5.91. The summed E-state index contributed by atoms with van der Waals surface area (Å²) in [7, 11) is 1.90. The molecule has 6 nitrogen and oxygen atoms in total. The van der Waals surface area contributed by atoms with E-state index in [0.717, 1.165) is 22.8 Å². The van der Waals surface area contributed by atoms with Crippen LogP contribution in [0.2, 0.25) is 0 Å². The zero-order valence-electron chi connectivity index (χ0n) is 13.9. The molecular formula is C16H24IN5O. The van der Waals surface area contributed by atoms with Crippen LogP contribution in [0.25, 0.3) is 0 Å². The molecule has 3 N–H and O–H groups in total. The highest BCUT2D eigenvalue weighted by Gasteiger charge is 2.02. The van der Waals surface area contributed by atoms with Crippen LogP contribution in [0.1, 0.15) is 25.2 Å². The van der Waals surface area contributed by atoms with E-state index >= 15 is 0 Å². The lowest BCUT2D eigenvalue weighted by atomic mass is 10.3. The summed E-state index contributed by atoms with van der Waals surface area (Å²) in [5.74, 6) is 1.21. The normalized spacial score (nSPS) is 11.3. The summed E-state index contributed by atoms with van der Waals surface area (Å²) in [5.41, 5.74) is 8.77. The quantitative estimate of drug-likeness (QED) is 0.435. The fraction of sp³-hybridized carbons (Fsp3) is 0.375. The van der Waals surface area contributed by atoms with E-state index in [9.17, 15) is 0 Å². The molecule has 0 amide bonds. The molecule has 2 rings (SSSR count). The second-order valence-corrected chi connectivity index (χ2v) is 5.42. The van der Waals surface area contributed by atoms with E-state index in [4.69, 9.17) is 10.5 Å². The van der Waals surface area contributed by atoms with Gasteiger partial charge in [0.05, 0.1) is 24.0 Å². The van der Waals surface area contributed by atoms with E-state index in [0.29, 0.717) is 12.5 Å². The first-order valence-corrected chi connectivity index (χ1v) is 7.27. The zero-order chi connectivity index (χ0) is 16.1. The Balaban J connectivity index is 0.00000264. The molecule has 126 valence electrons. The highest BCUT2D eigenvalue weighted by molar-refractivity contribution is 14.0. The van der Waals surface area contributed by atoms with Gasteiger partial charge in [-0.25, -0.2) is 4.99 Å². The third-order valence-corrected chi connectivity index (χ3v) is 3.01. The number of hydrogen-bond acceptors (Lipinski definition) is 3. The van der Waals surface area contributed by atoms with Gasteiger partial charge in [0.25, 0.3) is 0 Å². The Morgan fingerprint density at radius 2 is 2.00 bits per heavy atom. The first-order chi connectivity index (χ1) is 10.4. The van der Waals surface area contributed by atoms with E-state index in [-0.39, 0.29) is 30.1 Å². The molecule has 2 aromatic rings. The Morgan fingerprint density at radius 3 is 2.52 bits per heavy atom. The van der Waals surface area contributed by atoms with E-state index in [1.165, 1.54) is 0 Å². The van der Waals surface area contributed by atoms with Crippen molar-refractivity contribution in [2.45, 2.75) is 33.4 Å². The molecule has 0 atom stereocenters. The van der Waals surface area contributed by atoms with Gasteiger partial charge in [0.1, 0.15) is 5.75 Å². The molecule has 1 heterocycles. The number of rotatable bonds is 5. The molecule has 1 aromatic heterocycles. The summed E-state index contributed by atoms with van der Waals surface area (Å²) in [4.78, 5) is 4.33. The van der Waals surface area contributed by atoms with Crippen LogP contribution < -0.4 is 15.8 Å². The van der Waals surface area contributed by atoms with Crippen molar-refractivity contribution in [3.63, 3.8) is 0 Å². The fourth-order valence-corrected chi connectivity index (χ4v) is 2.05. The topological polar surface area (TPSA) is 77.5 Å². The zero-order valence-corrected chi connectivity index (χ0v) is 16.2. The molecule has 0 saturated carbocycles. The Hall–Kier alpha value is -1.77. The Labute approximate surface area is 154 Å². The Morgan fingerprint density at radius 1 is 1.35 bits per heavy atom. The SMILES string of the molecule is Cc1cc(CN=C(N)Nc2ccc(OC(C)C)cc2)n(C)n1.I. The number of anilines is 1. The van der Waals surface area contributed by atoms with Crippen molar-refractivity contribution in [2.75, 3.05) is 5.32 Å². The molecule has 0 aliphatic heterocycles. The minimum absolute atomic E-state index is 0. The molecule has 7 heteroatoms. The number of aryl methyl sites for hydroxylation is 2. The second-order valence-electron chi connectivity index (χ2n) is 5.42. The molecule has 0 spiro atoms. The fourth-order valence-electron chi connectivity index (χ4n) is 2.05. The Bertz CT molecular complexity index is 649. The number of aromatic nitrogens is 2. The van der Waals surface area contributed by atoms with Gasteiger partial charge in [0.15, 0.2) is 5.96 Å². The molecule has 0 aliphatic rings. The number of aliphatic imine (C=N–C) groups is 1. The van der Waals surface area contributed by atoms with Gasteiger partial charge in [0.2, 0.25) is 0 Å². The third-order valence-electron chi connectivity index (χ3n) is 3.01. The predicted molar refractivity (Wildman–Crippen MR) is 105 cm³/mol. The summed E-state index contributed by atoms with van der Waals surface area (Å²) < 4.78 is 7.41.